The van der Waals surface area contributed by atoms with Gasteiger partial charge in [-0.2, -0.15) is 0 Å². The second kappa shape index (κ2) is 30.8. The van der Waals surface area contributed by atoms with E-state index in [4.69, 9.17) is 38.6 Å². The summed E-state index contributed by atoms with van der Waals surface area (Å²) in [6.07, 6.45) is 0. The first-order valence-electron chi connectivity index (χ1n) is 43.5. The van der Waals surface area contributed by atoms with Gasteiger partial charge in [-0.1, -0.05) is 284 Å². The molecule has 12 heteroatoms. The van der Waals surface area contributed by atoms with Crippen molar-refractivity contribution in [2.24, 2.45) is 0 Å². The molecule has 0 aliphatic rings. The summed E-state index contributed by atoms with van der Waals surface area (Å²) in [5.74, 6) is 0. The van der Waals surface area contributed by atoms with Crippen molar-refractivity contribution < 1.29 is 0 Å². The second-order valence-electron chi connectivity index (χ2n) is 33.4. The van der Waals surface area contributed by atoms with Crippen LogP contribution in [0.2, 0.25) is 0 Å². The quantitative estimate of drug-likeness (QED) is 0.0624. The number of aromatic nitrogens is 6. The fourth-order valence-corrected chi connectivity index (χ4v) is 33.0. The number of fused-ring (bicyclic) bond motifs is 33. The van der Waals surface area contributed by atoms with Crippen LogP contribution in [-0.2, 0) is 23.6 Å². The molecule has 0 spiro atoms. The van der Waals surface area contributed by atoms with Crippen LogP contribution in [0.3, 0.4) is 0 Å². The SMILES string of the molecule is S=P(c1ccccc1)(c1ccccc1)c1ccc2c(c1)nc1c3c4ccccc4ccc3c3cc4ccccc4cc3n21.S=P(c1ccccc1)(c1ccccc1)c1cccc2nc3c4c5ccccc5ccc4c4cc5ccccc5cc4n3c12.[Se]=P(c1ccccc1)(c1ccccc1)c1ccc2nc3c4c5ccccc5ccc4c4cc5ccccc5cc4n3c2c1. The minimum absolute atomic E-state index is 0.966. The Bertz CT molecular complexity index is 9290. The standard InChI is InChI=1S/2C39H25N2PS.C39H25N2PSe/c43-42(29-15-3-1-4-16-29,30-17-5-2-6-18-30)36-21-11-20-34-38(36)41-35-25-28-14-8-7-13-27(28)24-33(35)32-23-22-26-12-9-10-19-31(26)37(32)39(41)40-34;43-42(29-14-3-1-4-15-29,30-16-5-2-6-17-30)31-20-22-36-35(25-31)40-39-38-32-18-10-9-11-26(32)19-21-33(38)34-23-27-12-7-8-13-28(27)24-37(34)41(36)39;43-42(29-14-3-1-4-15-29,30-16-5-2-6-17-30)31-20-22-35-37(25-31)41-36-24-28-13-8-7-12-27(28)23-34(36)33-21-19-26-11-9-10-18-32(26)38(33)39(41)40-35/h3*1-25H. The van der Waals surface area contributed by atoms with Gasteiger partial charge in [0.25, 0.3) is 0 Å². The molecular formula is C117H75N6P3S2Se. The molecule has 21 aromatic carbocycles. The number of para-hydroxylation sites is 1. The molecule has 6 heterocycles. The van der Waals surface area contributed by atoms with E-state index in [-0.39, 0.29) is 0 Å². The van der Waals surface area contributed by atoms with Crippen LogP contribution in [0.25, 0.3) is 180 Å². The third kappa shape index (κ3) is 12.3. The Morgan fingerprint density at radius 1 is 0.194 bits per heavy atom. The number of hydrogen-bond donors (Lipinski definition) is 0. The molecule has 0 atom stereocenters. The van der Waals surface area contributed by atoms with Crippen LogP contribution in [0.4, 0.5) is 0 Å². The number of hydrogen-bond acceptors (Lipinski definition) is 5. The van der Waals surface area contributed by atoms with Crippen molar-refractivity contribution in [3.05, 3.63) is 455 Å². The van der Waals surface area contributed by atoms with E-state index in [2.05, 4.69) is 483 Å². The molecule has 6 nitrogen and oxygen atoms in total. The summed E-state index contributed by atoms with van der Waals surface area (Å²) in [6.45, 7) is 0. The van der Waals surface area contributed by atoms with Crippen LogP contribution in [0, 0.1) is 0 Å². The zero-order valence-electron chi connectivity index (χ0n) is 69.6. The van der Waals surface area contributed by atoms with Gasteiger partial charge < -0.3 is 0 Å². The van der Waals surface area contributed by atoms with E-state index in [0.29, 0.717) is 0 Å². The Morgan fingerprint density at radius 3 is 0.938 bits per heavy atom. The Labute approximate surface area is 760 Å². The van der Waals surface area contributed by atoms with E-state index >= 15 is 0 Å². The maximum absolute atomic E-state index is 6.90. The summed E-state index contributed by atoms with van der Waals surface area (Å²) in [5.41, 5.74) is 10.7. The first kappa shape index (κ1) is 77.2. The number of imidazole rings is 3. The number of nitrogens with zero attached hydrogens (tertiary/aromatic N) is 6. The molecule has 0 aliphatic heterocycles. The van der Waals surface area contributed by atoms with E-state index in [1.54, 1.807) is 0 Å². The average Bonchev–Trinajstić information content (AvgIpc) is 1.56. The van der Waals surface area contributed by atoms with Gasteiger partial charge in [0, 0.05) is 38.9 Å². The van der Waals surface area contributed by atoms with Crippen molar-refractivity contribution in [3.8, 4) is 0 Å². The van der Waals surface area contributed by atoms with E-state index in [1.807, 2.05) is 0 Å². The molecule has 6 aromatic heterocycles. The van der Waals surface area contributed by atoms with Crippen LogP contribution in [0.15, 0.2) is 455 Å². The molecule has 0 unspecified atom stereocenters. The van der Waals surface area contributed by atoms with Crippen molar-refractivity contribution in [2.75, 3.05) is 0 Å². The van der Waals surface area contributed by atoms with Crippen molar-refractivity contribution in [1.29, 1.82) is 0 Å². The molecule has 606 valence electrons. The predicted molar refractivity (Wildman–Crippen MR) is 565 cm³/mol. The monoisotopic (exact) mass is 1800 g/mol. The van der Waals surface area contributed by atoms with Gasteiger partial charge in [-0.25, -0.2) is 9.97 Å². The van der Waals surface area contributed by atoms with Crippen molar-refractivity contribution in [1.82, 2.24) is 28.2 Å². The zero-order valence-corrected chi connectivity index (χ0v) is 75.6. The number of pyridine rings is 3. The molecule has 0 amide bonds. The first-order valence-corrected chi connectivity index (χ1v) is 53.1. The van der Waals surface area contributed by atoms with Gasteiger partial charge in [0.15, 0.2) is 0 Å². The maximum atomic E-state index is 6.90. The normalized spacial score (nSPS) is 12.3. The Morgan fingerprint density at radius 2 is 0.519 bits per heavy atom. The molecule has 0 fully saturated rings. The second-order valence-corrected chi connectivity index (χ2v) is 48.4. The molecular weight excluding hydrogens is 1730 g/mol. The molecule has 0 saturated carbocycles. The van der Waals surface area contributed by atoms with Gasteiger partial charge in [0.05, 0.1) is 33.1 Å². The first-order chi connectivity index (χ1) is 63.6. The van der Waals surface area contributed by atoms with Crippen LogP contribution < -0.4 is 47.7 Å². The van der Waals surface area contributed by atoms with Crippen molar-refractivity contribution in [2.45, 2.75) is 0 Å². The number of benzene rings is 21. The number of rotatable bonds is 9. The molecule has 0 bridgehead atoms. The van der Waals surface area contributed by atoms with Crippen LogP contribution >= 0.6 is 17.6 Å². The van der Waals surface area contributed by atoms with Gasteiger partial charge in [-0.3, -0.25) is 8.80 Å². The average molecular weight is 1800 g/mol. The third-order valence-electron chi connectivity index (χ3n) is 26.4. The van der Waals surface area contributed by atoms with Crippen LogP contribution in [-0.4, -0.2) is 43.3 Å². The van der Waals surface area contributed by atoms with Gasteiger partial charge in [0.1, 0.15) is 11.3 Å². The van der Waals surface area contributed by atoms with Crippen molar-refractivity contribution in [3.63, 3.8) is 0 Å². The van der Waals surface area contributed by atoms with Gasteiger partial charge in [-0.05, 0) is 123 Å². The Balaban J connectivity index is 0.000000105. The van der Waals surface area contributed by atoms with E-state index in [0.717, 1.165) is 66.4 Å². The molecule has 0 saturated heterocycles. The summed E-state index contributed by atoms with van der Waals surface area (Å²) >= 11 is 17.3. The van der Waals surface area contributed by atoms with Gasteiger partial charge in [-0.15, -0.1) is 0 Å². The topological polar surface area (TPSA) is 51.9 Å². The van der Waals surface area contributed by atoms with E-state index < -0.39 is 17.6 Å². The summed E-state index contributed by atoms with van der Waals surface area (Å²) in [5, 5.41) is 36.6. The molecule has 0 aliphatic carbocycles. The molecule has 0 radical (unpaired) electrons. The van der Waals surface area contributed by atoms with Gasteiger partial charge >= 0.3 is 257 Å². The minimum atomic E-state index is -2.46. The summed E-state index contributed by atoms with van der Waals surface area (Å²) in [4.78, 5) is 16.2. The molecule has 27 rings (SSSR count). The molecule has 0 N–H and O–H groups in total. The fraction of sp³-hybridized carbons (Fsp3) is 0. The summed E-state index contributed by atoms with van der Waals surface area (Å²) < 4.78 is 7.19. The summed E-state index contributed by atoms with van der Waals surface area (Å²) in [7, 11) is 0. The van der Waals surface area contributed by atoms with Crippen LogP contribution in [0.5, 0.6) is 0 Å². The van der Waals surface area contributed by atoms with Gasteiger partial charge in [0.2, 0.25) is 0 Å². The molecule has 129 heavy (non-hydrogen) atoms. The van der Waals surface area contributed by atoms with E-state index in [9.17, 15) is 0 Å². The van der Waals surface area contributed by atoms with E-state index in [1.165, 1.54) is 161 Å². The Hall–Kier alpha value is -14.2. The predicted octanol–water partition coefficient (Wildman–Crippen LogP) is 26.2. The van der Waals surface area contributed by atoms with Crippen molar-refractivity contribution >= 4 is 284 Å². The third-order valence-corrected chi connectivity index (χ3v) is 43.3. The van der Waals surface area contributed by atoms with Crippen LogP contribution in [0.1, 0.15) is 0 Å². The fourth-order valence-electron chi connectivity index (χ4n) is 20.4. The molecule has 27 aromatic rings. The zero-order chi connectivity index (χ0) is 85.6. The Kier molecular flexibility index (Phi) is 18.5. The summed E-state index contributed by atoms with van der Waals surface area (Å²) in [6, 6.07) is 159.